The van der Waals surface area contributed by atoms with Crippen LogP contribution in [0.2, 0.25) is 0 Å². The summed E-state index contributed by atoms with van der Waals surface area (Å²) in [7, 11) is 0. The van der Waals surface area contributed by atoms with Crippen molar-refractivity contribution in [3.8, 4) is 5.75 Å². The van der Waals surface area contributed by atoms with Gasteiger partial charge >= 0.3 is 0 Å². The monoisotopic (exact) mass is 281 g/mol. The molecule has 21 heavy (non-hydrogen) atoms. The molecule has 0 radical (unpaired) electrons. The number of ether oxygens (including phenoxy) is 1. The molecule has 3 rings (SSSR count). The number of hydrogen-bond acceptors (Lipinski definition) is 2. The van der Waals surface area contributed by atoms with E-state index in [1.165, 1.54) is 16.7 Å². The van der Waals surface area contributed by atoms with Crippen molar-refractivity contribution >= 4 is 0 Å². The molecule has 2 aromatic carbocycles. The fourth-order valence-electron chi connectivity index (χ4n) is 3.02. The van der Waals surface area contributed by atoms with Crippen molar-refractivity contribution in [1.82, 2.24) is 0 Å². The van der Waals surface area contributed by atoms with E-state index in [1.54, 1.807) is 0 Å². The van der Waals surface area contributed by atoms with Crippen LogP contribution in [0.5, 0.6) is 5.75 Å². The maximum atomic E-state index is 6.72. The lowest BCUT2D eigenvalue weighted by molar-refractivity contribution is 0.280. The van der Waals surface area contributed by atoms with Crippen molar-refractivity contribution in [2.45, 2.75) is 39.2 Å². The molecule has 2 aromatic rings. The van der Waals surface area contributed by atoms with E-state index in [9.17, 15) is 0 Å². The highest BCUT2D eigenvalue weighted by Crippen LogP contribution is 2.38. The lowest BCUT2D eigenvalue weighted by Crippen LogP contribution is -2.35. The van der Waals surface area contributed by atoms with Crippen LogP contribution in [-0.4, -0.2) is 6.61 Å². The minimum atomic E-state index is -0.541. The van der Waals surface area contributed by atoms with E-state index in [0.717, 1.165) is 36.3 Å². The Bertz CT molecular complexity index is 673. The highest BCUT2D eigenvalue weighted by molar-refractivity contribution is 5.51. The Balaban J connectivity index is 2.11. The van der Waals surface area contributed by atoms with Crippen LogP contribution in [0, 0.1) is 13.8 Å². The fraction of sp³-hybridized carbons (Fsp3) is 0.368. The van der Waals surface area contributed by atoms with Gasteiger partial charge in [-0.3, -0.25) is 0 Å². The van der Waals surface area contributed by atoms with Crippen LogP contribution in [0.1, 0.15) is 41.2 Å². The van der Waals surface area contributed by atoms with Gasteiger partial charge in [0.05, 0.1) is 12.1 Å². The van der Waals surface area contributed by atoms with Crippen molar-refractivity contribution in [2.24, 2.45) is 5.73 Å². The molecule has 0 bridgehead atoms. The zero-order valence-corrected chi connectivity index (χ0v) is 13.1. The van der Waals surface area contributed by atoms with Crippen LogP contribution in [0.3, 0.4) is 0 Å². The molecule has 0 saturated carbocycles. The lowest BCUT2D eigenvalue weighted by Gasteiger charge is -2.31. The molecule has 0 aliphatic carbocycles. The van der Waals surface area contributed by atoms with Crippen molar-refractivity contribution < 1.29 is 4.74 Å². The van der Waals surface area contributed by atoms with E-state index in [1.807, 2.05) is 0 Å². The second-order valence-electron chi connectivity index (χ2n) is 6.25. The third-order valence-electron chi connectivity index (χ3n) is 4.60. The SMILES string of the molecule is Cc1ccc(C(C)(N)c2cccc3c2OCCC3)cc1C. The molecular formula is C19H23NO. The molecule has 0 spiro atoms. The molecule has 2 N–H and O–H groups in total. The quantitative estimate of drug-likeness (QED) is 0.907. The van der Waals surface area contributed by atoms with Gasteiger partial charge in [-0.1, -0.05) is 36.4 Å². The first kappa shape index (κ1) is 14.2. The molecule has 2 heteroatoms. The van der Waals surface area contributed by atoms with Crippen LogP contribution >= 0.6 is 0 Å². The number of benzene rings is 2. The Hall–Kier alpha value is -1.80. The van der Waals surface area contributed by atoms with E-state index in [2.05, 4.69) is 57.2 Å². The summed E-state index contributed by atoms with van der Waals surface area (Å²) in [5.41, 5.74) is 12.2. The smallest absolute Gasteiger partial charge is 0.127 e. The molecule has 1 aliphatic heterocycles. The summed E-state index contributed by atoms with van der Waals surface area (Å²) in [5, 5.41) is 0. The molecule has 1 heterocycles. The number of nitrogens with two attached hydrogens (primary N) is 1. The number of rotatable bonds is 2. The topological polar surface area (TPSA) is 35.2 Å². The zero-order valence-electron chi connectivity index (χ0n) is 13.1. The molecule has 1 unspecified atom stereocenters. The maximum absolute atomic E-state index is 6.72. The molecule has 1 aliphatic rings. The Morgan fingerprint density at radius 3 is 2.67 bits per heavy atom. The van der Waals surface area contributed by atoms with Crippen LogP contribution in [0.4, 0.5) is 0 Å². The van der Waals surface area contributed by atoms with Gasteiger partial charge in [-0.25, -0.2) is 0 Å². The van der Waals surface area contributed by atoms with Gasteiger partial charge in [0.2, 0.25) is 0 Å². The van der Waals surface area contributed by atoms with Crippen molar-refractivity contribution in [3.63, 3.8) is 0 Å². The third kappa shape index (κ3) is 2.44. The summed E-state index contributed by atoms with van der Waals surface area (Å²) >= 11 is 0. The first-order valence-corrected chi connectivity index (χ1v) is 7.62. The molecule has 1 atom stereocenters. The van der Waals surface area contributed by atoms with E-state index in [4.69, 9.17) is 10.5 Å². The van der Waals surface area contributed by atoms with Crippen molar-refractivity contribution in [2.75, 3.05) is 6.61 Å². The summed E-state index contributed by atoms with van der Waals surface area (Å²) in [6.45, 7) is 7.12. The van der Waals surface area contributed by atoms with Gasteiger partial charge in [-0.15, -0.1) is 0 Å². The largest absolute Gasteiger partial charge is 0.493 e. The zero-order chi connectivity index (χ0) is 15.0. The molecule has 0 amide bonds. The number of aryl methyl sites for hydroxylation is 3. The summed E-state index contributed by atoms with van der Waals surface area (Å²) in [4.78, 5) is 0. The van der Waals surface area contributed by atoms with Gasteiger partial charge in [0.15, 0.2) is 0 Å². The normalized spacial score (nSPS) is 16.8. The Morgan fingerprint density at radius 2 is 1.90 bits per heavy atom. The minimum Gasteiger partial charge on any atom is -0.493 e. The summed E-state index contributed by atoms with van der Waals surface area (Å²) in [6, 6.07) is 12.8. The van der Waals surface area contributed by atoms with Gasteiger partial charge in [0.1, 0.15) is 5.75 Å². The molecule has 0 aromatic heterocycles. The first-order chi connectivity index (χ1) is 10.00. The highest BCUT2D eigenvalue weighted by Gasteiger charge is 2.29. The first-order valence-electron chi connectivity index (χ1n) is 7.62. The van der Waals surface area contributed by atoms with Gasteiger partial charge in [-0.2, -0.15) is 0 Å². The molecule has 2 nitrogen and oxygen atoms in total. The standard InChI is InChI=1S/C19H23NO/c1-13-9-10-16(12-14(13)2)19(3,20)17-8-4-6-15-7-5-11-21-18(15)17/h4,6,8-10,12H,5,7,11,20H2,1-3H3. The van der Waals surface area contributed by atoms with E-state index < -0.39 is 5.54 Å². The second kappa shape index (κ2) is 5.19. The van der Waals surface area contributed by atoms with Gasteiger partial charge < -0.3 is 10.5 Å². The minimum absolute atomic E-state index is 0.541. The fourth-order valence-corrected chi connectivity index (χ4v) is 3.02. The van der Waals surface area contributed by atoms with Gasteiger partial charge in [0.25, 0.3) is 0 Å². The molecule has 0 fully saturated rings. The average Bonchev–Trinajstić information content (AvgIpc) is 2.49. The number of fused-ring (bicyclic) bond motifs is 1. The van der Waals surface area contributed by atoms with E-state index in [-0.39, 0.29) is 0 Å². The molecule has 110 valence electrons. The molecular weight excluding hydrogens is 258 g/mol. The Kier molecular flexibility index (Phi) is 3.50. The Morgan fingerprint density at radius 1 is 1.10 bits per heavy atom. The molecule has 0 saturated heterocycles. The highest BCUT2D eigenvalue weighted by atomic mass is 16.5. The van der Waals surface area contributed by atoms with Crippen molar-refractivity contribution in [3.05, 3.63) is 64.2 Å². The van der Waals surface area contributed by atoms with E-state index in [0.29, 0.717) is 0 Å². The van der Waals surface area contributed by atoms with Gasteiger partial charge in [-0.05, 0) is 55.9 Å². The van der Waals surface area contributed by atoms with E-state index >= 15 is 0 Å². The van der Waals surface area contributed by atoms with Crippen LogP contribution in [0.25, 0.3) is 0 Å². The maximum Gasteiger partial charge on any atom is 0.127 e. The van der Waals surface area contributed by atoms with Gasteiger partial charge in [0, 0.05) is 5.56 Å². The lowest BCUT2D eigenvalue weighted by atomic mass is 9.82. The number of hydrogen-bond donors (Lipinski definition) is 1. The number of para-hydroxylation sites is 1. The predicted molar refractivity (Wildman–Crippen MR) is 86.8 cm³/mol. The van der Waals surface area contributed by atoms with Crippen LogP contribution in [0.15, 0.2) is 36.4 Å². The van der Waals surface area contributed by atoms with Crippen LogP contribution in [-0.2, 0) is 12.0 Å². The Labute approximate surface area is 126 Å². The van der Waals surface area contributed by atoms with Crippen LogP contribution < -0.4 is 10.5 Å². The summed E-state index contributed by atoms with van der Waals surface area (Å²) < 4.78 is 5.94. The third-order valence-corrected chi connectivity index (χ3v) is 4.60. The van der Waals surface area contributed by atoms with Crippen molar-refractivity contribution in [1.29, 1.82) is 0 Å². The predicted octanol–water partition coefficient (Wildman–Crippen LogP) is 3.85. The average molecular weight is 281 g/mol. The summed E-state index contributed by atoms with van der Waals surface area (Å²) in [6.07, 6.45) is 2.16. The summed E-state index contributed by atoms with van der Waals surface area (Å²) in [5.74, 6) is 0.993. The second-order valence-corrected chi connectivity index (χ2v) is 6.25.